The zero-order valence-corrected chi connectivity index (χ0v) is 18.6. The van der Waals surface area contributed by atoms with Gasteiger partial charge in [0.2, 0.25) is 5.91 Å². The molecule has 2 heterocycles. The van der Waals surface area contributed by atoms with Gasteiger partial charge in [0.15, 0.2) is 0 Å². The van der Waals surface area contributed by atoms with E-state index < -0.39 is 24.7 Å². The second-order valence-electron chi connectivity index (χ2n) is 7.85. The molecule has 12 heteroatoms. The number of alkyl halides is 1. The van der Waals surface area contributed by atoms with Gasteiger partial charge in [-0.2, -0.15) is 0 Å². The third-order valence-corrected chi connectivity index (χ3v) is 5.38. The lowest BCUT2D eigenvalue weighted by molar-refractivity contribution is -0.133. The monoisotopic (exact) mass is 468 g/mol. The molecule has 0 saturated carbocycles. The molecule has 3 N–H and O–H groups in total. The van der Waals surface area contributed by atoms with Crippen LogP contribution in [0.1, 0.15) is 13.3 Å². The molecule has 0 aliphatic carbocycles. The summed E-state index contributed by atoms with van der Waals surface area (Å²) in [7, 11) is 0. The van der Waals surface area contributed by atoms with Crippen molar-refractivity contribution >= 4 is 29.3 Å². The lowest BCUT2D eigenvalue weighted by Gasteiger charge is -2.24. The Morgan fingerprint density at radius 2 is 2.09 bits per heavy atom. The molecule has 2 saturated heterocycles. The van der Waals surface area contributed by atoms with Crippen LogP contribution in [-0.2, 0) is 14.3 Å². The van der Waals surface area contributed by atoms with Gasteiger partial charge in [-0.1, -0.05) is 0 Å². The molecular formula is C21H30F2N6O4. The minimum absolute atomic E-state index is 0.102. The summed E-state index contributed by atoms with van der Waals surface area (Å²) < 4.78 is 32.3. The number of ether oxygens (including phenoxy) is 1. The highest BCUT2D eigenvalue weighted by molar-refractivity contribution is 5.90. The molecule has 1 aromatic rings. The summed E-state index contributed by atoms with van der Waals surface area (Å²) in [6.45, 7) is 3.59. The van der Waals surface area contributed by atoms with Crippen LogP contribution in [0, 0.1) is 5.82 Å². The molecule has 3 amide bonds. The van der Waals surface area contributed by atoms with Gasteiger partial charge in [0.1, 0.15) is 11.9 Å². The van der Waals surface area contributed by atoms with Crippen LogP contribution >= 0.6 is 0 Å². The molecule has 0 spiro atoms. The maximum absolute atomic E-state index is 15.0. The summed E-state index contributed by atoms with van der Waals surface area (Å²) in [6, 6.07) is 4.54. The second kappa shape index (κ2) is 11.8. The predicted molar refractivity (Wildman–Crippen MR) is 118 cm³/mol. The second-order valence-corrected chi connectivity index (χ2v) is 7.85. The summed E-state index contributed by atoms with van der Waals surface area (Å²) in [5.74, 6) is -0.869. The number of nitrogens with one attached hydrogen (secondary N) is 3. The highest BCUT2D eigenvalue weighted by Crippen LogP contribution is 2.28. The van der Waals surface area contributed by atoms with Gasteiger partial charge >= 0.3 is 6.09 Å². The van der Waals surface area contributed by atoms with Crippen molar-refractivity contribution in [3.8, 4) is 0 Å². The van der Waals surface area contributed by atoms with Gasteiger partial charge in [-0.15, -0.1) is 0 Å². The summed E-state index contributed by atoms with van der Waals surface area (Å²) in [5, 5.41) is 6.99. The molecule has 2 aliphatic rings. The van der Waals surface area contributed by atoms with Gasteiger partial charge in [-0.25, -0.2) is 14.6 Å². The number of halogens is 2. The van der Waals surface area contributed by atoms with Crippen molar-refractivity contribution in [3.63, 3.8) is 0 Å². The molecule has 0 aromatic heterocycles. The molecule has 1 atom stereocenters. The number of cyclic esters (lactones) is 1. The maximum atomic E-state index is 15.0. The number of amides is 3. The number of hydrogen-bond donors (Lipinski definition) is 3. The third-order valence-electron chi connectivity index (χ3n) is 5.38. The molecule has 33 heavy (non-hydrogen) atoms. The molecule has 0 radical (unpaired) electrons. The average Bonchev–Trinajstić information content (AvgIpc) is 2.99. The number of hydrazine groups is 1. The molecule has 2 fully saturated rings. The van der Waals surface area contributed by atoms with E-state index >= 15 is 0 Å². The Hall–Kier alpha value is -2.99. The largest absolute Gasteiger partial charge is 0.442 e. The van der Waals surface area contributed by atoms with Crippen molar-refractivity contribution in [2.75, 3.05) is 68.8 Å². The average molecular weight is 469 g/mol. The van der Waals surface area contributed by atoms with E-state index in [1.165, 1.54) is 22.9 Å². The van der Waals surface area contributed by atoms with Gasteiger partial charge in [-0.3, -0.25) is 23.9 Å². The Labute approximate surface area is 191 Å². The Morgan fingerprint density at radius 3 is 2.82 bits per heavy atom. The van der Waals surface area contributed by atoms with E-state index in [9.17, 15) is 23.2 Å². The van der Waals surface area contributed by atoms with E-state index in [1.54, 1.807) is 12.1 Å². The fraction of sp³-hybridized carbons (Fsp3) is 0.571. The first-order valence-corrected chi connectivity index (χ1v) is 11.0. The van der Waals surface area contributed by atoms with Crippen LogP contribution in [0.15, 0.2) is 18.2 Å². The summed E-state index contributed by atoms with van der Waals surface area (Å²) in [6.07, 6.45) is -0.740. The first-order valence-electron chi connectivity index (χ1n) is 11.0. The van der Waals surface area contributed by atoms with E-state index in [1.807, 2.05) is 4.90 Å². The SMILES string of the molecule is CC(=O)NCC1CN(c2ccc(N3CCNN(C(=O)CNCCCF)CC3)c(F)c2)C(=O)O1. The van der Waals surface area contributed by atoms with Crippen LogP contribution in [0.5, 0.6) is 0 Å². The van der Waals surface area contributed by atoms with E-state index in [4.69, 9.17) is 4.74 Å². The summed E-state index contributed by atoms with van der Waals surface area (Å²) >= 11 is 0. The summed E-state index contributed by atoms with van der Waals surface area (Å²) in [5.41, 5.74) is 3.78. The molecule has 2 aliphatic heterocycles. The van der Waals surface area contributed by atoms with Crippen LogP contribution in [0.3, 0.4) is 0 Å². The number of carbonyl (C=O) groups is 3. The molecular weight excluding hydrogens is 438 g/mol. The van der Waals surface area contributed by atoms with Gasteiger partial charge in [0.25, 0.3) is 5.91 Å². The van der Waals surface area contributed by atoms with Gasteiger partial charge in [0.05, 0.1) is 44.2 Å². The number of benzene rings is 1. The van der Waals surface area contributed by atoms with Gasteiger partial charge < -0.3 is 20.3 Å². The predicted octanol–water partition coefficient (Wildman–Crippen LogP) is 0.389. The molecule has 1 unspecified atom stereocenters. The van der Waals surface area contributed by atoms with E-state index in [0.29, 0.717) is 50.5 Å². The molecule has 3 rings (SSSR count). The number of hydrogen-bond acceptors (Lipinski definition) is 7. The van der Waals surface area contributed by atoms with Crippen molar-refractivity contribution in [3.05, 3.63) is 24.0 Å². The lowest BCUT2D eigenvalue weighted by atomic mass is 10.2. The van der Waals surface area contributed by atoms with Gasteiger partial charge in [-0.05, 0) is 31.2 Å². The van der Waals surface area contributed by atoms with E-state index in [2.05, 4.69) is 16.1 Å². The molecule has 10 nitrogen and oxygen atoms in total. The van der Waals surface area contributed by atoms with Crippen molar-refractivity contribution in [2.24, 2.45) is 0 Å². The third kappa shape index (κ3) is 6.75. The first-order chi connectivity index (χ1) is 15.9. The Kier molecular flexibility index (Phi) is 8.78. The molecule has 0 bridgehead atoms. The normalized spacial score (nSPS) is 18.8. The molecule has 182 valence electrons. The number of anilines is 2. The van der Waals surface area contributed by atoms with Crippen LogP contribution in [-0.4, -0.2) is 88.1 Å². The standard InChI is InChI=1S/C21H30F2N6O4/c1-15(30)25-12-17-14-28(21(32)33-17)16-3-4-19(18(23)11-16)27-8-7-26-29(10-9-27)20(31)13-24-6-2-5-22/h3-4,11,17,24,26H,2,5-10,12-14H2,1H3,(H,25,30). The Morgan fingerprint density at radius 1 is 1.27 bits per heavy atom. The Balaban J connectivity index is 1.57. The summed E-state index contributed by atoms with van der Waals surface area (Å²) in [4.78, 5) is 38.7. The fourth-order valence-corrected chi connectivity index (χ4v) is 3.68. The fourth-order valence-electron chi connectivity index (χ4n) is 3.68. The lowest BCUT2D eigenvalue weighted by Crippen LogP contribution is -2.47. The van der Waals surface area contributed by atoms with E-state index in [0.717, 1.165) is 0 Å². The quantitative estimate of drug-likeness (QED) is 0.450. The highest BCUT2D eigenvalue weighted by Gasteiger charge is 2.33. The topological polar surface area (TPSA) is 106 Å². The first kappa shape index (κ1) is 24.6. The number of carbonyl (C=O) groups excluding carboxylic acids is 3. The zero-order valence-electron chi connectivity index (χ0n) is 18.6. The Bertz CT molecular complexity index is 858. The van der Waals surface area contributed by atoms with Crippen LogP contribution in [0.25, 0.3) is 0 Å². The smallest absolute Gasteiger partial charge is 0.414 e. The van der Waals surface area contributed by atoms with Crippen molar-refractivity contribution < 1.29 is 27.9 Å². The van der Waals surface area contributed by atoms with Crippen LogP contribution < -0.4 is 25.9 Å². The minimum atomic E-state index is -0.592. The van der Waals surface area contributed by atoms with Crippen molar-refractivity contribution in [1.29, 1.82) is 0 Å². The van der Waals surface area contributed by atoms with Gasteiger partial charge in [0, 0.05) is 26.6 Å². The maximum Gasteiger partial charge on any atom is 0.414 e. The van der Waals surface area contributed by atoms with Crippen molar-refractivity contribution in [1.82, 2.24) is 21.1 Å². The minimum Gasteiger partial charge on any atom is -0.442 e. The van der Waals surface area contributed by atoms with E-state index in [-0.39, 0.29) is 31.4 Å². The highest BCUT2D eigenvalue weighted by atomic mass is 19.1. The number of nitrogens with zero attached hydrogens (tertiary/aromatic N) is 3. The van der Waals surface area contributed by atoms with Crippen LogP contribution in [0.4, 0.5) is 25.0 Å². The molecule has 1 aromatic carbocycles. The van der Waals surface area contributed by atoms with Crippen molar-refractivity contribution in [2.45, 2.75) is 19.4 Å². The van der Waals surface area contributed by atoms with Crippen LogP contribution in [0.2, 0.25) is 0 Å². The number of rotatable bonds is 9. The zero-order chi connectivity index (χ0) is 23.8.